The van der Waals surface area contributed by atoms with E-state index in [0.717, 1.165) is 22.3 Å². The third-order valence-electron chi connectivity index (χ3n) is 4.74. The molecule has 0 spiro atoms. The van der Waals surface area contributed by atoms with Crippen LogP contribution in [0.5, 0.6) is 0 Å². The van der Waals surface area contributed by atoms with Crippen LogP contribution in [0.15, 0.2) is 41.2 Å². The Morgan fingerprint density at radius 3 is 2.71 bits per heavy atom. The second-order valence-corrected chi connectivity index (χ2v) is 8.46. The van der Waals surface area contributed by atoms with Crippen LogP contribution in [0.3, 0.4) is 0 Å². The van der Waals surface area contributed by atoms with Gasteiger partial charge in [0, 0.05) is 31.1 Å². The molecule has 2 N–H and O–H groups in total. The summed E-state index contributed by atoms with van der Waals surface area (Å²) in [5.41, 5.74) is 0.584. The summed E-state index contributed by atoms with van der Waals surface area (Å²) in [6.07, 6.45) is 0. The fraction of sp³-hybridized carbons (Fsp3) is 0.316. The van der Waals surface area contributed by atoms with Gasteiger partial charge in [0.2, 0.25) is 0 Å². The van der Waals surface area contributed by atoms with E-state index in [4.69, 9.17) is 11.6 Å². The van der Waals surface area contributed by atoms with Crippen LogP contribution in [0.4, 0.5) is 4.79 Å². The molecule has 2 amide bonds. The van der Waals surface area contributed by atoms with Gasteiger partial charge in [-0.1, -0.05) is 23.7 Å². The van der Waals surface area contributed by atoms with Gasteiger partial charge in [-0.3, -0.25) is 9.69 Å². The molecule has 0 bridgehead atoms. The normalized spacial score (nSPS) is 15.1. The van der Waals surface area contributed by atoms with Crippen molar-refractivity contribution in [2.45, 2.75) is 13.1 Å². The van der Waals surface area contributed by atoms with Gasteiger partial charge in [0.05, 0.1) is 28.3 Å². The lowest BCUT2D eigenvalue weighted by Gasteiger charge is -2.34. The van der Waals surface area contributed by atoms with Crippen LogP contribution in [-0.2, 0) is 13.1 Å². The van der Waals surface area contributed by atoms with Gasteiger partial charge in [0.15, 0.2) is 0 Å². The van der Waals surface area contributed by atoms with Crippen molar-refractivity contribution in [3.05, 3.63) is 61.8 Å². The van der Waals surface area contributed by atoms with Gasteiger partial charge in [-0.05, 0) is 24.3 Å². The first-order valence-corrected chi connectivity index (χ1v) is 10.3. The van der Waals surface area contributed by atoms with Crippen molar-refractivity contribution in [1.29, 1.82) is 0 Å². The number of rotatable bonds is 4. The van der Waals surface area contributed by atoms with Crippen LogP contribution in [0.1, 0.15) is 10.7 Å². The Kier molecular flexibility index (Phi) is 5.61. The predicted octanol–water partition coefficient (Wildman–Crippen LogP) is 2.67. The number of fused-ring (bicyclic) bond motifs is 1. The number of nitrogens with one attached hydrogen (secondary N) is 2. The number of urea groups is 1. The second-order valence-electron chi connectivity index (χ2n) is 6.66. The van der Waals surface area contributed by atoms with Gasteiger partial charge in [-0.2, -0.15) is 0 Å². The molecule has 1 aliphatic rings. The average Bonchev–Trinajstić information content (AvgIpc) is 3.12. The third-order valence-corrected chi connectivity index (χ3v) is 5.97. The Morgan fingerprint density at radius 2 is 1.96 bits per heavy atom. The number of halogens is 1. The Morgan fingerprint density at radius 1 is 1.18 bits per heavy atom. The Labute approximate surface area is 170 Å². The molecule has 1 saturated heterocycles. The van der Waals surface area contributed by atoms with Gasteiger partial charge in [0.1, 0.15) is 5.82 Å². The molecule has 0 atom stereocenters. The van der Waals surface area contributed by atoms with Crippen molar-refractivity contribution in [2.24, 2.45) is 0 Å². The summed E-state index contributed by atoms with van der Waals surface area (Å²) in [5.74, 6) is 0.649. The van der Waals surface area contributed by atoms with Crippen LogP contribution in [-0.4, -0.2) is 52.0 Å². The number of para-hydroxylation sites is 1. The van der Waals surface area contributed by atoms with E-state index >= 15 is 0 Å². The van der Waals surface area contributed by atoms with E-state index in [-0.39, 0.29) is 11.6 Å². The summed E-state index contributed by atoms with van der Waals surface area (Å²) in [5, 5.41) is 3.53. The van der Waals surface area contributed by atoms with E-state index < -0.39 is 0 Å². The largest absolute Gasteiger partial charge is 0.333 e. The predicted molar refractivity (Wildman–Crippen MR) is 111 cm³/mol. The molecule has 0 saturated carbocycles. The molecular weight excluding hydrogens is 398 g/mol. The molecule has 146 valence electrons. The standard InChI is InChI=1S/C19H20ClN5O2S/c20-16-6-5-13(28-16)11-21-19(27)25-9-7-24(8-10-25)12-17-22-15-4-2-1-3-14(15)18(26)23-17/h1-6H,7-12H2,(H,21,27)(H,22,23,26). The Balaban J connectivity index is 1.30. The Hall–Kier alpha value is -2.42. The minimum absolute atomic E-state index is 0.0681. The lowest BCUT2D eigenvalue weighted by atomic mass is 10.2. The molecule has 0 unspecified atom stereocenters. The Bertz CT molecular complexity index is 1040. The molecule has 7 nitrogen and oxygen atoms in total. The third kappa shape index (κ3) is 4.35. The quantitative estimate of drug-likeness (QED) is 0.683. The maximum atomic E-state index is 12.3. The van der Waals surface area contributed by atoms with Gasteiger partial charge in [-0.15, -0.1) is 11.3 Å². The summed E-state index contributed by atoms with van der Waals surface area (Å²) in [6.45, 7) is 3.77. The number of hydrogen-bond donors (Lipinski definition) is 2. The van der Waals surface area contributed by atoms with Crippen LogP contribution in [0.2, 0.25) is 4.34 Å². The number of carbonyl (C=O) groups excluding carboxylic acids is 1. The van der Waals surface area contributed by atoms with Crippen molar-refractivity contribution >= 4 is 39.9 Å². The highest BCUT2D eigenvalue weighted by Crippen LogP contribution is 2.21. The molecule has 2 aromatic heterocycles. The zero-order valence-corrected chi connectivity index (χ0v) is 16.7. The smallest absolute Gasteiger partial charge is 0.317 e. The van der Waals surface area contributed by atoms with Crippen LogP contribution in [0, 0.1) is 0 Å². The maximum absolute atomic E-state index is 12.3. The molecular formula is C19H20ClN5O2S. The minimum Gasteiger partial charge on any atom is -0.333 e. The number of nitrogens with zero attached hydrogens (tertiary/aromatic N) is 3. The van der Waals surface area contributed by atoms with Gasteiger partial charge < -0.3 is 15.2 Å². The second kappa shape index (κ2) is 8.30. The average molecular weight is 418 g/mol. The van der Waals surface area contributed by atoms with E-state index in [1.165, 1.54) is 11.3 Å². The molecule has 0 aliphatic carbocycles. The lowest BCUT2D eigenvalue weighted by Crippen LogP contribution is -2.51. The van der Waals surface area contributed by atoms with Crippen LogP contribution >= 0.6 is 22.9 Å². The fourth-order valence-electron chi connectivity index (χ4n) is 3.25. The molecule has 3 aromatic rings. The highest BCUT2D eigenvalue weighted by atomic mass is 35.5. The molecule has 1 fully saturated rings. The van der Waals surface area contributed by atoms with Gasteiger partial charge >= 0.3 is 6.03 Å². The van der Waals surface area contributed by atoms with Crippen molar-refractivity contribution in [2.75, 3.05) is 26.2 Å². The SMILES string of the molecule is O=C(NCc1ccc(Cl)s1)N1CCN(Cc2nc3ccccc3c(=O)[nH]2)CC1. The van der Waals surface area contributed by atoms with Crippen molar-refractivity contribution < 1.29 is 4.79 Å². The number of benzene rings is 1. The monoisotopic (exact) mass is 417 g/mol. The molecule has 28 heavy (non-hydrogen) atoms. The van der Waals surface area contributed by atoms with Gasteiger partial charge in [-0.25, -0.2) is 9.78 Å². The molecule has 4 rings (SSSR count). The van der Waals surface area contributed by atoms with Crippen molar-refractivity contribution in [3.8, 4) is 0 Å². The summed E-state index contributed by atoms with van der Waals surface area (Å²) < 4.78 is 0.721. The number of piperazine rings is 1. The first-order valence-electron chi connectivity index (χ1n) is 9.06. The van der Waals surface area contributed by atoms with E-state index in [1.54, 1.807) is 6.07 Å². The van der Waals surface area contributed by atoms with Crippen molar-refractivity contribution in [3.63, 3.8) is 0 Å². The first kappa shape index (κ1) is 18.9. The summed E-state index contributed by atoms with van der Waals surface area (Å²) in [6, 6.07) is 11.0. The molecule has 1 aromatic carbocycles. The number of thiophene rings is 1. The summed E-state index contributed by atoms with van der Waals surface area (Å²) >= 11 is 7.38. The number of hydrogen-bond acceptors (Lipinski definition) is 5. The number of carbonyl (C=O) groups is 1. The molecule has 9 heteroatoms. The number of H-pyrrole nitrogens is 1. The lowest BCUT2D eigenvalue weighted by molar-refractivity contribution is 0.133. The summed E-state index contributed by atoms with van der Waals surface area (Å²) in [7, 11) is 0. The molecule has 1 aliphatic heterocycles. The summed E-state index contributed by atoms with van der Waals surface area (Å²) in [4.78, 5) is 37.0. The van der Waals surface area contributed by atoms with E-state index in [2.05, 4.69) is 20.2 Å². The number of aromatic amines is 1. The highest BCUT2D eigenvalue weighted by Gasteiger charge is 2.21. The van der Waals surface area contributed by atoms with E-state index in [1.807, 2.05) is 35.2 Å². The highest BCUT2D eigenvalue weighted by molar-refractivity contribution is 7.16. The fourth-order valence-corrected chi connectivity index (χ4v) is 4.28. The first-order chi connectivity index (χ1) is 13.6. The zero-order valence-electron chi connectivity index (χ0n) is 15.2. The maximum Gasteiger partial charge on any atom is 0.317 e. The van der Waals surface area contributed by atoms with Crippen molar-refractivity contribution in [1.82, 2.24) is 25.1 Å². The topological polar surface area (TPSA) is 81.3 Å². The number of aromatic nitrogens is 2. The molecule has 3 heterocycles. The van der Waals surface area contributed by atoms with E-state index in [9.17, 15) is 9.59 Å². The molecule has 0 radical (unpaired) electrons. The zero-order chi connectivity index (χ0) is 19.5. The van der Waals surface area contributed by atoms with Crippen LogP contribution < -0.4 is 10.9 Å². The van der Waals surface area contributed by atoms with Crippen LogP contribution in [0.25, 0.3) is 10.9 Å². The van der Waals surface area contributed by atoms with E-state index in [0.29, 0.717) is 42.9 Å². The van der Waals surface area contributed by atoms with Gasteiger partial charge in [0.25, 0.3) is 5.56 Å². The minimum atomic E-state index is -0.118. The number of amides is 2.